The molecule has 3 heterocycles. The Balaban J connectivity index is 1.19. The maximum Gasteiger partial charge on any atom is 0.410 e. The van der Waals surface area contributed by atoms with Crippen molar-refractivity contribution in [2.45, 2.75) is 24.2 Å². The largest absolute Gasteiger partial charge is 0.445 e. The molecule has 0 radical (unpaired) electrons. The number of amides is 1. The normalized spacial score (nSPS) is 21.7. The van der Waals surface area contributed by atoms with Gasteiger partial charge in [0.1, 0.15) is 23.9 Å². The number of carbonyl (C=O) groups is 1. The van der Waals surface area contributed by atoms with Crippen LogP contribution in [0.2, 0.25) is 5.02 Å². The molecule has 0 spiro atoms. The summed E-state index contributed by atoms with van der Waals surface area (Å²) in [5.41, 5.74) is 2.72. The number of aliphatic hydroxyl groups excluding tert-OH is 1. The van der Waals surface area contributed by atoms with Gasteiger partial charge in [-0.1, -0.05) is 17.7 Å². The van der Waals surface area contributed by atoms with Gasteiger partial charge in [0.25, 0.3) is 0 Å². The molecular formula is C23H26ClN5O5S. The number of likely N-dealkylation sites (tertiary alicyclic amines) is 2. The molecule has 2 aliphatic rings. The Hall–Kier alpha value is -2.73. The number of nitrogens with zero attached hydrogens (tertiary/aromatic N) is 4. The van der Waals surface area contributed by atoms with Crippen molar-refractivity contribution in [1.82, 2.24) is 25.2 Å². The van der Waals surface area contributed by atoms with Gasteiger partial charge in [-0.25, -0.2) is 13.2 Å². The summed E-state index contributed by atoms with van der Waals surface area (Å²) in [5.74, 6) is 0.566. The van der Waals surface area contributed by atoms with Gasteiger partial charge in [0.05, 0.1) is 4.90 Å². The number of ether oxygens (including phenoxy) is 1. The molecule has 186 valence electrons. The highest BCUT2D eigenvalue weighted by molar-refractivity contribution is 7.90. The van der Waals surface area contributed by atoms with Gasteiger partial charge in [0, 0.05) is 37.5 Å². The van der Waals surface area contributed by atoms with Crippen molar-refractivity contribution in [3.63, 3.8) is 0 Å². The standard InChI is InChI=1S/C23H26ClN5O5S/c1-35(32,33)19-7-14(6-18(24)9-19)13-34-23(31)29-10-16-4-5-28(11-17(16)12-29)22(30)15-2-3-20-21(8-15)26-27-25-20/h2-3,6-9,16-17,22,30H,4-5,10-13H2,1H3,(H,25,26,27)/t16-,17-,22?/m0/s1. The lowest BCUT2D eigenvalue weighted by molar-refractivity contribution is -0.0302. The number of fused-ring (bicyclic) bond motifs is 2. The molecule has 3 atom stereocenters. The number of nitrogens with one attached hydrogen (secondary N) is 1. The molecule has 1 aromatic heterocycles. The van der Waals surface area contributed by atoms with Gasteiger partial charge in [-0.3, -0.25) is 4.90 Å². The number of H-pyrrole nitrogens is 1. The second-order valence-corrected chi connectivity index (χ2v) is 11.7. The van der Waals surface area contributed by atoms with Crippen LogP contribution in [0.25, 0.3) is 11.0 Å². The van der Waals surface area contributed by atoms with E-state index in [1.54, 1.807) is 11.0 Å². The summed E-state index contributed by atoms with van der Waals surface area (Å²) in [6.45, 7) is 2.46. The lowest BCUT2D eigenvalue weighted by atomic mass is 9.88. The highest BCUT2D eigenvalue weighted by Crippen LogP contribution is 2.35. The van der Waals surface area contributed by atoms with E-state index < -0.39 is 22.2 Å². The molecule has 35 heavy (non-hydrogen) atoms. The third-order valence-corrected chi connectivity index (χ3v) is 8.11. The zero-order valence-corrected chi connectivity index (χ0v) is 20.7. The van der Waals surface area contributed by atoms with Crippen LogP contribution in [0.3, 0.4) is 0 Å². The van der Waals surface area contributed by atoms with Crippen LogP contribution in [0.5, 0.6) is 0 Å². The fourth-order valence-electron chi connectivity index (χ4n) is 4.95. The lowest BCUT2D eigenvalue weighted by Crippen LogP contribution is -2.42. The fourth-order valence-corrected chi connectivity index (χ4v) is 5.98. The summed E-state index contributed by atoms with van der Waals surface area (Å²) >= 11 is 6.04. The van der Waals surface area contributed by atoms with E-state index in [0.29, 0.717) is 36.6 Å². The number of sulfone groups is 1. The zero-order valence-electron chi connectivity index (χ0n) is 19.1. The second-order valence-electron chi connectivity index (χ2n) is 9.28. The van der Waals surface area contributed by atoms with E-state index in [0.717, 1.165) is 30.3 Å². The first kappa shape index (κ1) is 24.0. The number of piperidine rings is 1. The molecule has 2 N–H and O–H groups in total. The van der Waals surface area contributed by atoms with Crippen LogP contribution in [0, 0.1) is 11.8 Å². The maximum atomic E-state index is 12.7. The van der Waals surface area contributed by atoms with Crippen molar-refractivity contribution < 1.29 is 23.1 Å². The predicted molar refractivity (Wildman–Crippen MR) is 128 cm³/mol. The molecule has 5 rings (SSSR count). The van der Waals surface area contributed by atoms with Crippen molar-refractivity contribution >= 4 is 38.6 Å². The van der Waals surface area contributed by atoms with E-state index in [1.807, 2.05) is 23.1 Å². The van der Waals surface area contributed by atoms with Crippen molar-refractivity contribution in [1.29, 1.82) is 0 Å². The number of hydrogen-bond acceptors (Lipinski definition) is 8. The molecule has 0 bridgehead atoms. The third-order valence-electron chi connectivity index (χ3n) is 6.80. The zero-order chi connectivity index (χ0) is 24.7. The minimum absolute atomic E-state index is 0.0664. The van der Waals surface area contributed by atoms with E-state index >= 15 is 0 Å². The SMILES string of the molecule is CS(=O)(=O)c1cc(Cl)cc(COC(=O)N2C[C@@H]3CN(C(O)c4ccc5n[nH]nc5c4)CC[C@H]3C2)c1. The van der Waals surface area contributed by atoms with Crippen molar-refractivity contribution in [2.75, 3.05) is 32.4 Å². The fraction of sp³-hybridized carbons (Fsp3) is 0.435. The van der Waals surface area contributed by atoms with Gasteiger partial charge in [-0.2, -0.15) is 15.4 Å². The Labute approximate surface area is 207 Å². The van der Waals surface area contributed by atoms with Crippen molar-refractivity contribution in [3.05, 3.63) is 52.5 Å². The van der Waals surface area contributed by atoms with Crippen molar-refractivity contribution in [2.24, 2.45) is 11.8 Å². The Kier molecular flexibility index (Phi) is 6.43. The van der Waals surface area contributed by atoms with Crippen LogP contribution >= 0.6 is 11.6 Å². The van der Waals surface area contributed by atoms with E-state index in [9.17, 15) is 18.3 Å². The molecule has 0 aliphatic carbocycles. The minimum atomic E-state index is -3.43. The topological polar surface area (TPSA) is 129 Å². The van der Waals surface area contributed by atoms with Crippen LogP contribution in [0.15, 0.2) is 41.3 Å². The predicted octanol–water partition coefficient (Wildman–Crippen LogP) is 2.60. The molecule has 2 aliphatic heterocycles. The van der Waals surface area contributed by atoms with Crippen LogP contribution in [0.1, 0.15) is 23.8 Å². The van der Waals surface area contributed by atoms with E-state index in [-0.39, 0.29) is 22.4 Å². The molecule has 2 fully saturated rings. The van der Waals surface area contributed by atoms with E-state index in [1.165, 1.54) is 12.1 Å². The molecule has 2 aromatic carbocycles. The third kappa shape index (κ3) is 5.13. The summed E-state index contributed by atoms with van der Waals surface area (Å²) in [5, 5.41) is 21.9. The number of aromatic nitrogens is 3. The number of halogens is 1. The quantitative estimate of drug-likeness (QED) is 0.526. The maximum absolute atomic E-state index is 12.7. The van der Waals surface area contributed by atoms with Crippen LogP contribution < -0.4 is 0 Å². The van der Waals surface area contributed by atoms with Gasteiger partial charge in [-0.05, 0) is 59.7 Å². The molecule has 10 nitrogen and oxygen atoms in total. The van der Waals surface area contributed by atoms with Gasteiger partial charge < -0.3 is 14.7 Å². The van der Waals surface area contributed by atoms with Crippen molar-refractivity contribution in [3.8, 4) is 0 Å². The molecule has 2 saturated heterocycles. The average molecular weight is 520 g/mol. The van der Waals surface area contributed by atoms with E-state index in [2.05, 4.69) is 15.4 Å². The smallest absolute Gasteiger partial charge is 0.410 e. The van der Waals surface area contributed by atoms with Gasteiger partial charge in [0.2, 0.25) is 0 Å². The first-order valence-corrected chi connectivity index (χ1v) is 13.6. The number of aromatic amines is 1. The Morgan fingerprint density at radius 2 is 1.94 bits per heavy atom. The molecule has 0 saturated carbocycles. The van der Waals surface area contributed by atoms with Gasteiger partial charge in [-0.15, -0.1) is 0 Å². The molecule has 1 unspecified atom stereocenters. The number of benzene rings is 2. The van der Waals surface area contributed by atoms with Gasteiger partial charge in [0.15, 0.2) is 9.84 Å². The molecule has 12 heteroatoms. The monoisotopic (exact) mass is 519 g/mol. The number of hydrogen-bond donors (Lipinski definition) is 2. The van der Waals surface area contributed by atoms with E-state index in [4.69, 9.17) is 16.3 Å². The molecular weight excluding hydrogens is 494 g/mol. The summed E-state index contributed by atoms with van der Waals surface area (Å²) in [4.78, 5) is 16.5. The molecule has 1 amide bonds. The van der Waals surface area contributed by atoms with Crippen LogP contribution in [-0.2, 0) is 21.2 Å². The average Bonchev–Trinajstić information content (AvgIpc) is 3.47. The van der Waals surface area contributed by atoms with Crippen LogP contribution in [-0.4, -0.2) is 77.3 Å². The minimum Gasteiger partial charge on any atom is -0.445 e. The summed E-state index contributed by atoms with van der Waals surface area (Å²) in [6, 6.07) is 9.94. The number of aliphatic hydroxyl groups is 1. The summed E-state index contributed by atoms with van der Waals surface area (Å²) in [6.07, 6.45) is 0.769. The Morgan fingerprint density at radius 3 is 2.74 bits per heavy atom. The first-order valence-electron chi connectivity index (χ1n) is 11.3. The highest BCUT2D eigenvalue weighted by Gasteiger charge is 2.40. The van der Waals surface area contributed by atoms with Crippen LogP contribution in [0.4, 0.5) is 4.79 Å². The number of carbonyl (C=O) groups excluding carboxylic acids is 1. The second kappa shape index (κ2) is 9.38. The number of rotatable bonds is 5. The first-order chi connectivity index (χ1) is 16.7. The Bertz CT molecular complexity index is 1360. The van der Waals surface area contributed by atoms with Gasteiger partial charge >= 0.3 is 6.09 Å². The summed E-state index contributed by atoms with van der Waals surface area (Å²) < 4.78 is 29.1. The highest BCUT2D eigenvalue weighted by atomic mass is 35.5. The Morgan fingerprint density at radius 1 is 1.17 bits per heavy atom. The summed E-state index contributed by atoms with van der Waals surface area (Å²) in [7, 11) is -3.43. The lowest BCUT2D eigenvalue weighted by Gasteiger charge is -2.37. The molecule has 3 aromatic rings.